The molecule has 0 unspecified atom stereocenters. The molecule has 1 fully saturated rings. The van der Waals surface area contributed by atoms with Crippen molar-refractivity contribution in [3.63, 3.8) is 0 Å². The van der Waals surface area contributed by atoms with Crippen LogP contribution >= 0.6 is 0 Å². The fourth-order valence-corrected chi connectivity index (χ4v) is 2.61. The fourth-order valence-electron chi connectivity index (χ4n) is 2.61. The Morgan fingerprint density at radius 3 is 2.67 bits per heavy atom. The van der Waals surface area contributed by atoms with Crippen molar-refractivity contribution in [1.29, 1.82) is 5.26 Å². The van der Waals surface area contributed by atoms with Crippen LogP contribution in [0.15, 0.2) is 42.1 Å². The number of nitrogens with one attached hydrogen (secondary N) is 1. The third-order valence-corrected chi connectivity index (χ3v) is 3.68. The van der Waals surface area contributed by atoms with Gasteiger partial charge in [-0.25, -0.2) is 0 Å². The van der Waals surface area contributed by atoms with E-state index in [2.05, 4.69) is 5.32 Å². The summed E-state index contributed by atoms with van der Waals surface area (Å²) in [5, 5.41) is 12.1. The highest BCUT2D eigenvalue weighted by atomic mass is 16.1. The van der Waals surface area contributed by atoms with Crippen molar-refractivity contribution in [1.82, 2.24) is 10.2 Å². The van der Waals surface area contributed by atoms with E-state index in [0.29, 0.717) is 6.54 Å². The number of carbonyl (C=O) groups is 1. The third kappa shape index (κ3) is 4.64. The van der Waals surface area contributed by atoms with Crippen molar-refractivity contribution in [2.24, 2.45) is 0 Å². The number of nitriles is 1. The highest BCUT2D eigenvalue weighted by molar-refractivity contribution is 5.97. The molecule has 1 aromatic carbocycles. The molecule has 1 N–H and O–H groups in total. The molecule has 1 amide bonds. The number of nitrogens with zero attached hydrogens (tertiary/aromatic N) is 2. The van der Waals surface area contributed by atoms with Crippen molar-refractivity contribution in [2.45, 2.75) is 38.3 Å². The van der Waals surface area contributed by atoms with Gasteiger partial charge in [0, 0.05) is 25.8 Å². The van der Waals surface area contributed by atoms with E-state index in [1.165, 1.54) is 0 Å². The zero-order valence-electron chi connectivity index (χ0n) is 12.4. The van der Waals surface area contributed by atoms with Crippen LogP contribution in [0.5, 0.6) is 0 Å². The standard InChI is InChI=1S/C17H21N3O/c1-20(12-14-7-3-2-4-8-14)13-15(11-18)17(21)19-16-9-5-6-10-16/h2-4,7-8,13,16H,5-6,9-10,12H2,1H3,(H,19,21)/b15-13-. The Bertz CT molecular complexity index is 539. The van der Waals surface area contributed by atoms with Gasteiger partial charge in [-0.3, -0.25) is 4.79 Å². The van der Waals surface area contributed by atoms with E-state index < -0.39 is 0 Å². The first-order valence-electron chi connectivity index (χ1n) is 7.36. The van der Waals surface area contributed by atoms with Crippen molar-refractivity contribution in [3.8, 4) is 6.07 Å². The molecule has 0 aliphatic heterocycles. The van der Waals surface area contributed by atoms with Crippen LogP contribution in [0, 0.1) is 11.3 Å². The molecular formula is C17H21N3O. The minimum Gasteiger partial charge on any atom is -0.375 e. The second-order valence-electron chi connectivity index (χ2n) is 5.51. The van der Waals surface area contributed by atoms with Gasteiger partial charge in [-0.05, 0) is 18.4 Å². The maximum atomic E-state index is 12.1. The van der Waals surface area contributed by atoms with Crippen LogP contribution in [-0.2, 0) is 11.3 Å². The van der Waals surface area contributed by atoms with Gasteiger partial charge < -0.3 is 10.2 Å². The largest absolute Gasteiger partial charge is 0.375 e. The Kier molecular flexibility index (Phi) is 5.39. The van der Waals surface area contributed by atoms with E-state index in [0.717, 1.165) is 31.2 Å². The number of benzene rings is 1. The molecule has 0 atom stereocenters. The summed E-state index contributed by atoms with van der Waals surface area (Å²) in [6.45, 7) is 0.669. The molecule has 0 aromatic heterocycles. The zero-order chi connectivity index (χ0) is 15.1. The van der Waals surface area contributed by atoms with Crippen molar-refractivity contribution in [2.75, 3.05) is 7.05 Å². The molecule has 0 saturated heterocycles. The molecule has 110 valence electrons. The van der Waals surface area contributed by atoms with E-state index in [1.54, 1.807) is 6.20 Å². The summed E-state index contributed by atoms with van der Waals surface area (Å²) >= 11 is 0. The Morgan fingerprint density at radius 2 is 2.05 bits per heavy atom. The Balaban J connectivity index is 1.95. The number of carbonyl (C=O) groups excluding carboxylic acids is 1. The van der Waals surface area contributed by atoms with Crippen LogP contribution in [0.3, 0.4) is 0 Å². The third-order valence-electron chi connectivity index (χ3n) is 3.68. The van der Waals surface area contributed by atoms with Gasteiger partial charge in [-0.15, -0.1) is 0 Å². The number of hydrogen-bond acceptors (Lipinski definition) is 3. The van der Waals surface area contributed by atoms with Crippen LogP contribution in [0.1, 0.15) is 31.2 Å². The van der Waals surface area contributed by atoms with E-state index in [1.807, 2.05) is 48.3 Å². The summed E-state index contributed by atoms with van der Waals surface area (Å²) in [5.41, 5.74) is 1.31. The average Bonchev–Trinajstić information content (AvgIpc) is 2.98. The second kappa shape index (κ2) is 7.49. The maximum Gasteiger partial charge on any atom is 0.263 e. The Labute approximate surface area is 126 Å². The zero-order valence-corrected chi connectivity index (χ0v) is 12.4. The first-order chi connectivity index (χ1) is 10.2. The topological polar surface area (TPSA) is 56.1 Å². The minimum absolute atomic E-state index is 0.167. The predicted octanol–water partition coefficient (Wildman–Crippen LogP) is 2.58. The van der Waals surface area contributed by atoms with Gasteiger partial charge in [0.15, 0.2) is 0 Å². The molecule has 1 aromatic rings. The van der Waals surface area contributed by atoms with Gasteiger partial charge in [-0.1, -0.05) is 43.2 Å². The maximum absolute atomic E-state index is 12.1. The van der Waals surface area contributed by atoms with Crippen LogP contribution < -0.4 is 5.32 Å². The van der Waals surface area contributed by atoms with Gasteiger partial charge in [0.05, 0.1) is 0 Å². The van der Waals surface area contributed by atoms with Crippen LogP contribution in [0.4, 0.5) is 0 Å². The van der Waals surface area contributed by atoms with Gasteiger partial charge in [0.25, 0.3) is 5.91 Å². The molecule has 1 aliphatic carbocycles. The molecular weight excluding hydrogens is 262 g/mol. The molecule has 1 aliphatic rings. The average molecular weight is 283 g/mol. The van der Waals surface area contributed by atoms with Crippen LogP contribution in [0.25, 0.3) is 0 Å². The summed E-state index contributed by atoms with van der Waals surface area (Å²) in [6, 6.07) is 12.2. The molecule has 0 heterocycles. The van der Waals surface area contributed by atoms with Gasteiger partial charge in [0.1, 0.15) is 11.6 Å². The quantitative estimate of drug-likeness (QED) is 0.667. The van der Waals surface area contributed by atoms with E-state index in [9.17, 15) is 10.1 Å². The first-order valence-corrected chi connectivity index (χ1v) is 7.36. The lowest BCUT2D eigenvalue weighted by Gasteiger charge is -2.16. The summed E-state index contributed by atoms with van der Waals surface area (Å²) < 4.78 is 0. The van der Waals surface area contributed by atoms with Crippen LogP contribution in [-0.4, -0.2) is 23.9 Å². The van der Waals surface area contributed by atoms with Gasteiger partial charge in [0.2, 0.25) is 0 Å². The smallest absolute Gasteiger partial charge is 0.263 e. The molecule has 0 spiro atoms. The van der Waals surface area contributed by atoms with Crippen molar-refractivity contribution < 1.29 is 4.79 Å². The van der Waals surface area contributed by atoms with E-state index >= 15 is 0 Å². The summed E-state index contributed by atoms with van der Waals surface area (Å²) in [5.74, 6) is -0.260. The molecule has 1 saturated carbocycles. The molecule has 0 radical (unpaired) electrons. The summed E-state index contributed by atoms with van der Waals surface area (Å²) in [4.78, 5) is 14.0. The Hall–Kier alpha value is -2.28. The normalized spacial score (nSPS) is 15.5. The summed E-state index contributed by atoms with van der Waals surface area (Å²) in [6.07, 6.45) is 5.97. The predicted molar refractivity (Wildman–Crippen MR) is 82.0 cm³/mol. The molecule has 2 rings (SSSR count). The monoisotopic (exact) mass is 283 g/mol. The number of hydrogen-bond donors (Lipinski definition) is 1. The number of rotatable bonds is 5. The highest BCUT2D eigenvalue weighted by Crippen LogP contribution is 2.18. The number of amides is 1. The molecule has 4 nitrogen and oxygen atoms in total. The van der Waals surface area contributed by atoms with Crippen LogP contribution in [0.2, 0.25) is 0 Å². The lowest BCUT2D eigenvalue weighted by molar-refractivity contribution is -0.117. The van der Waals surface area contributed by atoms with Crippen molar-refractivity contribution >= 4 is 5.91 Å². The highest BCUT2D eigenvalue weighted by Gasteiger charge is 2.19. The van der Waals surface area contributed by atoms with E-state index in [-0.39, 0.29) is 17.5 Å². The second-order valence-corrected chi connectivity index (χ2v) is 5.51. The fraction of sp³-hybridized carbons (Fsp3) is 0.412. The first kappa shape index (κ1) is 15.1. The SMILES string of the molecule is CN(/C=C(/C#N)C(=O)NC1CCCC1)Cc1ccccc1. The summed E-state index contributed by atoms with van der Waals surface area (Å²) in [7, 11) is 1.87. The van der Waals surface area contributed by atoms with Gasteiger partial charge >= 0.3 is 0 Å². The molecule has 21 heavy (non-hydrogen) atoms. The van der Waals surface area contributed by atoms with E-state index in [4.69, 9.17) is 0 Å². The molecule has 4 heteroatoms. The lowest BCUT2D eigenvalue weighted by atomic mass is 10.2. The Morgan fingerprint density at radius 1 is 1.38 bits per heavy atom. The minimum atomic E-state index is -0.260. The van der Waals surface area contributed by atoms with Gasteiger partial charge in [-0.2, -0.15) is 5.26 Å². The lowest BCUT2D eigenvalue weighted by Crippen LogP contribution is -2.34. The van der Waals surface area contributed by atoms with Crippen molar-refractivity contribution in [3.05, 3.63) is 47.7 Å². The molecule has 0 bridgehead atoms.